The van der Waals surface area contributed by atoms with Crippen molar-refractivity contribution in [3.05, 3.63) is 36.0 Å². The van der Waals surface area contributed by atoms with Gasteiger partial charge in [0, 0.05) is 56.2 Å². The van der Waals surface area contributed by atoms with E-state index in [1.807, 2.05) is 0 Å². The molecule has 4 heteroatoms. The number of hydrogen-bond donors (Lipinski definition) is 1. The Bertz CT molecular complexity index is 719. The highest BCUT2D eigenvalue weighted by Gasteiger charge is 2.35. The molecule has 2 unspecified atom stereocenters. The molecule has 1 aromatic heterocycles. The number of benzene rings is 1. The van der Waals surface area contributed by atoms with Gasteiger partial charge in [-0.15, -0.1) is 0 Å². The van der Waals surface area contributed by atoms with Crippen LogP contribution in [-0.2, 0) is 17.9 Å². The highest BCUT2D eigenvalue weighted by molar-refractivity contribution is 5.83. The molecule has 4 nitrogen and oxygen atoms in total. The van der Waals surface area contributed by atoms with Gasteiger partial charge in [0.15, 0.2) is 0 Å². The molecule has 1 aliphatic rings. The molecule has 2 heterocycles. The van der Waals surface area contributed by atoms with Crippen molar-refractivity contribution < 1.29 is 4.79 Å². The zero-order valence-corrected chi connectivity index (χ0v) is 15.2. The fraction of sp³-hybridized carbons (Fsp3) is 0.550. The van der Waals surface area contributed by atoms with Crippen LogP contribution in [0.25, 0.3) is 10.9 Å². The van der Waals surface area contributed by atoms with Crippen LogP contribution in [0.3, 0.4) is 0 Å². The van der Waals surface area contributed by atoms with Gasteiger partial charge in [-0.1, -0.05) is 26.0 Å². The van der Waals surface area contributed by atoms with E-state index in [4.69, 9.17) is 0 Å². The number of amides is 1. The molecule has 1 aromatic carbocycles. The number of aryl methyl sites for hydroxylation is 1. The predicted molar refractivity (Wildman–Crippen MR) is 98.8 cm³/mol. The van der Waals surface area contributed by atoms with E-state index < -0.39 is 0 Å². The minimum atomic E-state index is 0.0784. The minimum absolute atomic E-state index is 0.0784. The van der Waals surface area contributed by atoms with Gasteiger partial charge >= 0.3 is 0 Å². The van der Waals surface area contributed by atoms with E-state index in [9.17, 15) is 4.79 Å². The van der Waals surface area contributed by atoms with E-state index in [0.29, 0.717) is 11.8 Å². The number of carbonyl (C=O) groups excluding carboxylic acids is 1. The first kappa shape index (κ1) is 17.0. The van der Waals surface area contributed by atoms with Crippen LogP contribution in [0.5, 0.6) is 0 Å². The van der Waals surface area contributed by atoms with E-state index in [0.717, 1.165) is 26.2 Å². The molecular formula is C20H29N3O. The molecule has 0 bridgehead atoms. The monoisotopic (exact) mass is 327 g/mol. The van der Waals surface area contributed by atoms with Crippen molar-refractivity contribution in [2.45, 2.75) is 46.8 Å². The lowest BCUT2D eigenvalue weighted by Crippen LogP contribution is -2.40. The van der Waals surface area contributed by atoms with Gasteiger partial charge in [-0.2, -0.15) is 0 Å². The van der Waals surface area contributed by atoms with Crippen LogP contribution in [-0.4, -0.2) is 34.5 Å². The number of carbonyl (C=O) groups is 1. The molecule has 0 saturated carbocycles. The largest absolute Gasteiger partial charge is 0.352 e. The Balaban J connectivity index is 1.79. The molecule has 0 radical (unpaired) electrons. The summed E-state index contributed by atoms with van der Waals surface area (Å²) in [6.07, 6.45) is 2.18. The standard InChI is InChI=1S/C20H29N3O/c1-5-23-10-9-17-16(7-6-8-20(17)23)11-22-12-18(14(2)3)19(13-22)21-15(4)24/h6-10,14,18-19H,5,11-13H2,1-4H3,(H,21,24). The number of rotatable bonds is 5. The summed E-state index contributed by atoms with van der Waals surface area (Å²) in [6, 6.07) is 9.09. The predicted octanol–water partition coefficient (Wildman–Crippen LogP) is 3.25. The van der Waals surface area contributed by atoms with Crippen molar-refractivity contribution >= 4 is 16.8 Å². The number of hydrogen-bond acceptors (Lipinski definition) is 2. The Kier molecular flexibility index (Phi) is 4.95. The molecule has 1 aliphatic heterocycles. The summed E-state index contributed by atoms with van der Waals surface area (Å²) < 4.78 is 2.29. The second-order valence-corrected chi connectivity index (χ2v) is 7.36. The van der Waals surface area contributed by atoms with E-state index in [1.54, 1.807) is 6.92 Å². The van der Waals surface area contributed by atoms with Gasteiger partial charge in [0.2, 0.25) is 5.91 Å². The smallest absolute Gasteiger partial charge is 0.217 e. The maximum absolute atomic E-state index is 11.5. The van der Waals surface area contributed by atoms with Gasteiger partial charge in [0.05, 0.1) is 0 Å². The van der Waals surface area contributed by atoms with Crippen LogP contribution in [0.4, 0.5) is 0 Å². The summed E-state index contributed by atoms with van der Waals surface area (Å²) in [6.45, 7) is 12.2. The van der Waals surface area contributed by atoms with Crippen LogP contribution in [0, 0.1) is 11.8 Å². The Morgan fingerprint density at radius 1 is 1.29 bits per heavy atom. The molecule has 130 valence electrons. The van der Waals surface area contributed by atoms with Gasteiger partial charge < -0.3 is 9.88 Å². The fourth-order valence-corrected chi connectivity index (χ4v) is 4.07. The average molecular weight is 327 g/mol. The lowest BCUT2D eigenvalue weighted by Gasteiger charge is -2.22. The van der Waals surface area contributed by atoms with Crippen LogP contribution >= 0.6 is 0 Å². The summed E-state index contributed by atoms with van der Waals surface area (Å²) in [5.41, 5.74) is 2.69. The third-order valence-electron chi connectivity index (χ3n) is 5.32. The zero-order valence-electron chi connectivity index (χ0n) is 15.2. The third kappa shape index (κ3) is 3.34. The van der Waals surface area contributed by atoms with Crippen LogP contribution in [0.15, 0.2) is 30.5 Å². The number of nitrogens with zero attached hydrogens (tertiary/aromatic N) is 2. The van der Waals surface area contributed by atoms with Crippen LogP contribution < -0.4 is 5.32 Å². The van der Waals surface area contributed by atoms with E-state index in [1.165, 1.54) is 16.5 Å². The molecule has 1 fully saturated rings. The highest BCUT2D eigenvalue weighted by atomic mass is 16.1. The number of nitrogens with one attached hydrogen (secondary N) is 1. The van der Waals surface area contributed by atoms with Crippen molar-refractivity contribution in [1.82, 2.24) is 14.8 Å². The molecule has 1 saturated heterocycles. The second-order valence-electron chi connectivity index (χ2n) is 7.36. The Morgan fingerprint density at radius 2 is 2.08 bits per heavy atom. The Morgan fingerprint density at radius 3 is 2.75 bits per heavy atom. The minimum Gasteiger partial charge on any atom is -0.352 e. The summed E-state index contributed by atoms with van der Waals surface area (Å²) in [7, 11) is 0. The molecule has 3 rings (SSSR count). The van der Waals surface area contributed by atoms with Crippen molar-refractivity contribution in [2.24, 2.45) is 11.8 Å². The fourth-order valence-electron chi connectivity index (χ4n) is 4.07. The van der Waals surface area contributed by atoms with Gasteiger partial charge in [-0.3, -0.25) is 9.69 Å². The van der Waals surface area contributed by atoms with Gasteiger partial charge in [-0.05, 0) is 36.5 Å². The van der Waals surface area contributed by atoms with Crippen molar-refractivity contribution in [3.8, 4) is 0 Å². The molecule has 24 heavy (non-hydrogen) atoms. The number of aromatic nitrogens is 1. The molecule has 2 atom stereocenters. The molecule has 2 aromatic rings. The zero-order chi connectivity index (χ0) is 17.3. The van der Waals surface area contributed by atoms with Gasteiger partial charge in [-0.25, -0.2) is 0 Å². The molecule has 1 N–H and O–H groups in total. The molecular weight excluding hydrogens is 298 g/mol. The Hall–Kier alpha value is -1.81. The first-order valence-corrected chi connectivity index (χ1v) is 9.05. The Labute approximate surface area is 144 Å². The summed E-state index contributed by atoms with van der Waals surface area (Å²) in [5.74, 6) is 1.17. The average Bonchev–Trinajstić information content (AvgIpc) is 3.11. The summed E-state index contributed by atoms with van der Waals surface area (Å²) in [4.78, 5) is 14.0. The normalized spacial score (nSPS) is 21.7. The maximum Gasteiger partial charge on any atom is 0.217 e. The number of likely N-dealkylation sites (tertiary alicyclic amines) is 1. The molecule has 0 spiro atoms. The van der Waals surface area contributed by atoms with Gasteiger partial charge in [0.25, 0.3) is 0 Å². The van der Waals surface area contributed by atoms with Crippen molar-refractivity contribution in [1.29, 1.82) is 0 Å². The van der Waals surface area contributed by atoms with Crippen molar-refractivity contribution in [2.75, 3.05) is 13.1 Å². The molecule has 1 amide bonds. The maximum atomic E-state index is 11.5. The van der Waals surface area contributed by atoms with Crippen molar-refractivity contribution in [3.63, 3.8) is 0 Å². The quantitative estimate of drug-likeness (QED) is 0.915. The SMILES string of the molecule is CCn1ccc2c(CN3CC(NC(C)=O)C(C(C)C)C3)cccc21. The topological polar surface area (TPSA) is 37.3 Å². The summed E-state index contributed by atoms with van der Waals surface area (Å²) in [5, 5.41) is 4.51. The van der Waals surface area contributed by atoms with Gasteiger partial charge in [0.1, 0.15) is 0 Å². The third-order valence-corrected chi connectivity index (χ3v) is 5.32. The lowest BCUT2D eigenvalue weighted by atomic mass is 9.91. The van der Waals surface area contributed by atoms with Crippen LogP contribution in [0.1, 0.15) is 33.3 Å². The van der Waals surface area contributed by atoms with E-state index >= 15 is 0 Å². The first-order valence-electron chi connectivity index (χ1n) is 9.05. The molecule has 0 aliphatic carbocycles. The van der Waals surface area contributed by atoms with Crippen LogP contribution in [0.2, 0.25) is 0 Å². The van der Waals surface area contributed by atoms with E-state index in [-0.39, 0.29) is 11.9 Å². The van der Waals surface area contributed by atoms with E-state index in [2.05, 4.69) is 66.0 Å². The highest BCUT2D eigenvalue weighted by Crippen LogP contribution is 2.28. The number of fused-ring (bicyclic) bond motifs is 1. The summed E-state index contributed by atoms with van der Waals surface area (Å²) >= 11 is 0. The lowest BCUT2D eigenvalue weighted by molar-refractivity contribution is -0.119. The second kappa shape index (κ2) is 6.98. The first-order chi connectivity index (χ1) is 11.5.